The van der Waals surface area contributed by atoms with Gasteiger partial charge in [-0.3, -0.25) is 9.20 Å². The van der Waals surface area contributed by atoms with E-state index in [0.717, 1.165) is 21.3 Å². The van der Waals surface area contributed by atoms with Crippen LogP contribution >= 0.6 is 34.7 Å². The van der Waals surface area contributed by atoms with Gasteiger partial charge in [0.1, 0.15) is 5.65 Å². The molecule has 4 aromatic rings. The predicted octanol–water partition coefficient (Wildman–Crippen LogP) is 4.76. The molecule has 0 aliphatic heterocycles. The van der Waals surface area contributed by atoms with Crippen molar-refractivity contribution >= 4 is 40.3 Å². The van der Waals surface area contributed by atoms with E-state index in [1.807, 2.05) is 35.7 Å². The van der Waals surface area contributed by atoms with Crippen LogP contribution in [-0.4, -0.2) is 14.4 Å². The van der Waals surface area contributed by atoms with Crippen LogP contribution in [0.5, 0.6) is 0 Å². The lowest BCUT2D eigenvalue weighted by Crippen LogP contribution is -2.14. The molecule has 0 fully saturated rings. The van der Waals surface area contributed by atoms with Gasteiger partial charge in [-0.1, -0.05) is 53.7 Å². The van der Waals surface area contributed by atoms with E-state index in [1.165, 1.54) is 4.40 Å². The molecule has 0 aliphatic rings. The maximum absolute atomic E-state index is 12.2. The first kappa shape index (κ1) is 16.3. The van der Waals surface area contributed by atoms with Crippen LogP contribution in [0.2, 0.25) is 5.02 Å². The lowest BCUT2D eigenvalue weighted by atomic mass is 10.2. The molecule has 0 N–H and O–H groups in total. The second kappa shape index (κ2) is 7.00. The molecule has 0 saturated carbocycles. The quantitative estimate of drug-likeness (QED) is 0.475. The molecule has 0 saturated heterocycles. The maximum atomic E-state index is 12.2. The van der Waals surface area contributed by atoms with Gasteiger partial charge in [-0.25, -0.2) is 9.97 Å². The van der Waals surface area contributed by atoms with Crippen LogP contribution in [-0.2, 0) is 5.75 Å². The van der Waals surface area contributed by atoms with Crippen LogP contribution in [0.4, 0.5) is 0 Å². The fraction of sp³-hybridized carbons (Fsp3) is 0.0556. The summed E-state index contributed by atoms with van der Waals surface area (Å²) in [5, 5.41) is 2.55. The second-order valence-electron chi connectivity index (χ2n) is 5.31. The normalized spacial score (nSPS) is 11.1. The Morgan fingerprint density at radius 3 is 2.80 bits per heavy atom. The SMILES string of the molecule is O=c1cc(CSc2nc(-c3ccccc3)cs2)nc2ccc(Cl)cn12. The number of hydrogen-bond donors (Lipinski definition) is 0. The molecule has 3 aromatic heterocycles. The third-order valence-corrected chi connectivity index (χ3v) is 5.85. The minimum absolute atomic E-state index is 0.132. The van der Waals surface area contributed by atoms with Crippen molar-refractivity contribution in [1.29, 1.82) is 0 Å². The first-order valence-electron chi connectivity index (χ1n) is 7.51. The Morgan fingerprint density at radius 2 is 1.96 bits per heavy atom. The smallest absolute Gasteiger partial charge is 0.258 e. The van der Waals surface area contributed by atoms with Crippen molar-refractivity contribution in [3.8, 4) is 11.3 Å². The van der Waals surface area contributed by atoms with Gasteiger partial charge in [-0.15, -0.1) is 11.3 Å². The lowest BCUT2D eigenvalue weighted by molar-refractivity contribution is 1.01. The summed E-state index contributed by atoms with van der Waals surface area (Å²) in [4.78, 5) is 21.4. The van der Waals surface area contributed by atoms with E-state index in [4.69, 9.17) is 11.6 Å². The standard InChI is InChI=1S/C18H12ClN3OS2/c19-13-6-7-16-20-14(8-17(23)22(16)9-13)10-24-18-21-15(11-25-18)12-4-2-1-3-5-12/h1-9,11H,10H2. The van der Waals surface area contributed by atoms with Crippen molar-refractivity contribution in [2.45, 2.75) is 10.1 Å². The third kappa shape index (κ3) is 3.61. The number of nitrogens with zero attached hydrogens (tertiary/aromatic N) is 3. The van der Waals surface area contributed by atoms with E-state index < -0.39 is 0 Å². The van der Waals surface area contributed by atoms with Crippen molar-refractivity contribution in [3.63, 3.8) is 0 Å². The van der Waals surface area contributed by atoms with Crippen molar-refractivity contribution in [3.05, 3.63) is 81.2 Å². The molecule has 0 atom stereocenters. The molecule has 0 aliphatic carbocycles. The van der Waals surface area contributed by atoms with E-state index in [9.17, 15) is 4.79 Å². The van der Waals surface area contributed by atoms with Gasteiger partial charge in [-0.05, 0) is 12.1 Å². The molecule has 1 aromatic carbocycles. The average Bonchev–Trinajstić information content (AvgIpc) is 3.10. The van der Waals surface area contributed by atoms with Gasteiger partial charge in [0.2, 0.25) is 0 Å². The summed E-state index contributed by atoms with van der Waals surface area (Å²) in [7, 11) is 0. The monoisotopic (exact) mass is 385 g/mol. The van der Waals surface area contributed by atoms with Crippen LogP contribution in [0.25, 0.3) is 16.9 Å². The molecule has 4 nitrogen and oxygen atoms in total. The van der Waals surface area contributed by atoms with Crippen LogP contribution in [0.1, 0.15) is 5.69 Å². The molecule has 0 amide bonds. The summed E-state index contributed by atoms with van der Waals surface area (Å²) >= 11 is 9.10. The fourth-order valence-corrected chi connectivity index (χ4v) is 4.29. The molecule has 4 rings (SSSR count). The van der Waals surface area contributed by atoms with Gasteiger partial charge in [0.05, 0.1) is 16.4 Å². The van der Waals surface area contributed by atoms with Gasteiger partial charge in [-0.2, -0.15) is 0 Å². The highest BCUT2D eigenvalue weighted by Gasteiger charge is 2.08. The topological polar surface area (TPSA) is 47.3 Å². The summed E-state index contributed by atoms with van der Waals surface area (Å²) in [6.45, 7) is 0. The Hall–Kier alpha value is -2.15. The van der Waals surface area contributed by atoms with Gasteiger partial charge < -0.3 is 0 Å². The van der Waals surface area contributed by atoms with Crippen molar-refractivity contribution < 1.29 is 0 Å². The zero-order chi connectivity index (χ0) is 17.2. The summed E-state index contributed by atoms with van der Waals surface area (Å²) in [5.74, 6) is 0.593. The van der Waals surface area contributed by atoms with Crippen LogP contribution in [0, 0.1) is 0 Å². The highest BCUT2D eigenvalue weighted by molar-refractivity contribution is 8.00. The minimum atomic E-state index is -0.132. The number of thiazole rings is 1. The van der Waals surface area contributed by atoms with Crippen LogP contribution < -0.4 is 5.56 Å². The maximum Gasteiger partial charge on any atom is 0.258 e. The number of fused-ring (bicyclic) bond motifs is 1. The Bertz CT molecular complexity index is 1090. The molecule has 7 heteroatoms. The highest BCUT2D eigenvalue weighted by atomic mass is 35.5. The predicted molar refractivity (Wildman–Crippen MR) is 104 cm³/mol. The molecule has 0 spiro atoms. The first-order valence-corrected chi connectivity index (χ1v) is 9.75. The lowest BCUT2D eigenvalue weighted by Gasteiger charge is -2.03. The Balaban J connectivity index is 1.54. The van der Waals surface area contributed by atoms with Crippen LogP contribution in [0.3, 0.4) is 0 Å². The largest absolute Gasteiger partial charge is 0.269 e. The van der Waals surface area contributed by atoms with Gasteiger partial charge >= 0.3 is 0 Å². The van der Waals surface area contributed by atoms with Crippen molar-refractivity contribution in [2.75, 3.05) is 0 Å². The van der Waals surface area contributed by atoms with E-state index in [-0.39, 0.29) is 5.56 Å². The number of pyridine rings is 1. The van der Waals surface area contributed by atoms with Gasteiger partial charge in [0, 0.05) is 29.0 Å². The van der Waals surface area contributed by atoms with Crippen LogP contribution in [0.15, 0.2) is 69.2 Å². The second-order valence-corrected chi connectivity index (χ2v) is 7.83. The Kier molecular flexibility index (Phi) is 4.57. The molecule has 0 radical (unpaired) electrons. The molecular weight excluding hydrogens is 374 g/mol. The van der Waals surface area contributed by atoms with E-state index in [1.54, 1.807) is 47.5 Å². The number of thioether (sulfide) groups is 1. The first-order chi connectivity index (χ1) is 12.2. The van der Waals surface area contributed by atoms with E-state index >= 15 is 0 Å². The van der Waals surface area contributed by atoms with Gasteiger partial charge in [0.25, 0.3) is 5.56 Å². The Morgan fingerprint density at radius 1 is 1.12 bits per heavy atom. The fourth-order valence-electron chi connectivity index (χ4n) is 2.40. The number of benzene rings is 1. The molecular formula is C18H12ClN3OS2. The number of hydrogen-bond acceptors (Lipinski definition) is 5. The molecule has 25 heavy (non-hydrogen) atoms. The van der Waals surface area contributed by atoms with E-state index in [2.05, 4.69) is 9.97 Å². The molecule has 0 unspecified atom stereocenters. The summed E-state index contributed by atoms with van der Waals surface area (Å²) in [6, 6.07) is 15.1. The molecule has 0 bridgehead atoms. The zero-order valence-electron chi connectivity index (χ0n) is 12.9. The summed E-state index contributed by atoms with van der Waals surface area (Å²) in [5.41, 5.74) is 3.26. The number of aromatic nitrogens is 3. The summed E-state index contributed by atoms with van der Waals surface area (Å²) < 4.78 is 2.41. The number of halogens is 1. The third-order valence-electron chi connectivity index (χ3n) is 3.57. The van der Waals surface area contributed by atoms with Crippen molar-refractivity contribution in [1.82, 2.24) is 14.4 Å². The molecule has 124 valence electrons. The number of rotatable bonds is 4. The average molecular weight is 386 g/mol. The zero-order valence-corrected chi connectivity index (χ0v) is 15.3. The van der Waals surface area contributed by atoms with Crippen molar-refractivity contribution in [2.24, 2.45) is 0 Å². The highest BCUT2D eigenvalue weighted by Crippen LogP contribution is 2.29. The molecule has 3 heterocycles. The van der Waals surface area contributed by atoms with Gasteiger partial charge in [0.15, 0.2) is 4.34 Å². The summed E-state index contributed by atoms with van der Waals surface area (Å²) in [6.07, 6.45) is 1.58. The van der Waals surface area contributed by atoms with E-state index in [0.29, 0.717) is 16.4 Å². The Labute approximate surface area is 157 Å². The minimum Gasteiger partial charge on any atom is -0.269 e.